The number of benzene rings is 1. The maximum Gasteiger partial charge on any atom is 0.238 e. The average Bonchev–Trinajstić information content (AvgIpc) is 2.26. The highest BCUT2D eigenvalue weighted by Crippen LogP contribution is 2.20. The largest absolute Gasteiger partial charge is 0.388 e. The Balaban J connectivity index is 1.94. The van der Waals surface area contributed by atoms with Crippen LogP contribution < -0.4 is 5.32 Å². The lowest BCUT2D eigenvalue weighted by Crippen LogP contribution is -2.61. The predicted molar refractivity (Wildman–Crippen MR) is 72.1 cm³/mol. The molecular weight excluding hydrogens is 244 g/mol. The van der Waals surface area contributed by atoms with Crippen LogP contribution in [0.2, 0.25) is 0 Å². The van der Waals surface area contributed by atoms with E-state index in [1.807, 2.05) is 4.90 Å². The van der Waals surface area contributed by atoms with Crippen LogP contribution >= 0.6 is 0 Å². The van der Waals surface area contributed by atoms with Crippen molar-refractivity contribution < 1.29 is 14.7 Å². The lowest BCUT2D eigenvalue weighted by atomic mass is 9.97. The zero-order valence-corrected chi connectivity index (χ0v) is 11.1. The van der Waals surface area contributed by atoms with Crippen LogP contribution in [0.1, 0.15) is 24.2 Å². The zero-order chi connectivity index (χ0) is 14.0. The molecule has 0 atom stereocenters. The van der Waals surface area contributed by atoms with Crippen molar-refractivity contribution in [3.8, 4) is 0 Å². The molecule has 5 nitrogen and oxygen atoms in total. The lowest BCUT2D eigenvalue weighted by molar-refractivity contribution is -0.125. The fourth-order valence-corrected chi connectivity index (χ4v) is 2.32. The van der Waals surface area contributed by atoms with E-state index in [1.165, 1.54) is 6.92 Å². The van der Waals surface area contributed by atoms with Crippen LogP contribution in [0.25, 0.3) is 0 Å². The Bertz CT molecular complexity index is 503. The van der Waals surface area contributed by atoms with Gasteiger partial charge in [-0.2, -0.15) is 0 Å². The zero-order valence-electron chi connectivity index (χ0n) is 11.1. The van der Waals surface area contributed by atoms with Crippen molar-refractivity contribution in [1.82, 2.24) is 4.90 Å². The third-order valence-electron chi connectivity index (χ3n) is 3.08. The van der Waals surface area contributed by atoms with Crippen molar-refractivity contribution in [3.05, 3.63) is 29.8 Å². The average molecular weight is 262 g/mol. The van der Waals surface area contributed by atoms with Crippen LogP contribution in [0.3, 0.4) is 0 Å². The van der Waals surface area contributed by atoms with Gasteiger partial charge in [0.05, 0.1) is 17.8 Å². The molecule has 1 aliphatic heterocycles. The summed E-state index contributed by atoms with van der Waals surface area (Å²) in [6.45, 7) is 4.43. The molecule has 19 heavy (non-hydrogen) atoms. The number of nitrogens with one attached hydrogen (secondary N) is 1. The van der Waals surface area contributed by atoms with E-state index in [1.54, 1.807) is 31.2 Å². The van der Waals surface area contributed by atoms with E-state index in [4.69, 9.17) is 0 Å². The summed E-state index contributed by atoms with van der Waals surface area (Å²) in [4.78, 5) is 25.1. The number of Topliss-reactive ketones (excluding diaryl/α,β-unsaturated/α-hetero) is 1. The standard InChI is InChI=1S/C14H18N2O3/c1-10(17)11-5-3-4-6-12(11)15-13(18)7-16-8-14(2,19)9-16/h3-6,19H,7-9H2,1-2H3,(H,15,18). The normalized spacial score (nSPS) is 17.6. The SMILES string of the molecule is CC(=O)c1ccccc1NC(=O)CN1CC(C)(O)C1. The van der Waals surface area contributed by atoms with E-state index < -0.39 is 5.60 Å². The maximum atomic E-state index is 11.9. The van der Waals surface area contributed by atoms with Gasteiger partial charge in [0.25, 0.3) is 0 Å². The summed E-state index contributed by atoms with van der Waals surface area (Å²) < 4.78 is 0. The van der Waals surface area contributed by atoms with Crippen molar-refractivity contribution in [2.45, 2.75) is 19.4 Å². The molecule has 0 aromatic heterocycles. The second-order valence-electron chi connectivity index (χ2n) is 5.29. The molecule has 1 aromatic carbocycles. The number of β-amino-alcohol motifs (C(OH)–C–C–N with tert-alkyl or cyclic N) is 1. The summed E-state index contributed by atoms with van der Waals surface area (Å²) in [5.41, 5.74) is 0.358. The number of aliphatic hydroxyl groups is 1. The molecule has 102 valence electrons. The Morgan fingerprint density at radius 3 is 2.58 bits per heavy atom. The molecular formula is C14H18N2O3. The number of hydrogen-bond acceptors (Lipinski definition) is 4. The van der Waals surface area contributed by atoms with Crippen LogP contribution in [-0.4, -0.2) is 46.9 Å². The molecule has 0 radical (unpaired) electrons. The highest BCUT2D eigenvalue weighted by molar-refractivity contribution is 6.04. The van der Waals surface area contributed by atoms with Gasteiger partial charge in [0, 0.05) is 18.7 Å². The van der Waals surface area contributed by atoms with Crippen molar-refractivity contribution in [1.29, 1.82) is 0 Å². The molecule has 1 saturated heterocycles. The number of rotatable bonds is 4. The molecule has 0 bridgehead atoms. The Morgan fingerprint density at radius 2 is 2.00 bits per heavy atom. The van der Waals surface area contributed by atoms with E-state index in [0.29, 0.717) is 24.3 Å². The van der Waals surface area contributed by atoms with Crippen molar-refractivity contribution in [2.24, 2.45) is 0 Å². The third kappa shape index (κ3) is 3.39. The van der Waals surface area contributed by atoms with Crippen molar-refractivity contribution in [2.75, 3.05) is 25.0 Å². The molecule has 1 aliphatic rings. The molecule has 0 spiro atoms. The Morgan fingerprint density at radius 1 is 1.37 bits per heavy atom. The lowest BCUT2D eigenvalue weighted by Gasteiger charge is -2.43. The minimum Gasteiger partial charge on any atom is -0.388 e. The van der Waals surface area contributed by atoms with Crippen LogP contribution in [-0.2, 0) is 4.79 Å². The molecule has 1 aromatic rings. The topological polar surface area (TPSA) is 69.6 Å². The second-order valence-corrected chi connectivity index (χ2v) is 5.29. The molecule has 1 fully saturated rings. The van der Waals surface area contributed by atoms with Crippen LogP contribution in [0.15, 0.2) is 24.3 Å². The van der Waals surface area contributed by atoms with Crippen LogP contribution in [0.5, 0.6) is 0 Å². The van der Waals surface area contributed by atoms with Gasteiger partial charge in [0.1, 0.15) is 0 Å². The molecule has 0 saturated carbocycles. The molecule has 0 unspecified atom stereocenters. The number of para-hydroxylation sites is 1. The first-order valence-corrected chi connectivity index (χ1v) is 6.22. The molecule has 2 N–H and O–H groups in total. The smallest absolute Gasteiger partial charge is 0.238 e. The summed E-state index contributed by atoms with van der Waals surface area (Å²) in [6, 6.07) is 6.93. The number of anilines is 1. The van der Waals surface area contributed by atoms with Gasteiger partial charge in [-0.15, -0.1) is 0 Å². The number of hydrogen-bond donors (Lipinski definition) is 2. The summed E-state index contributed by atoms with van der Waals surface area (Å²) in [6.07, 6.45) is 0. The Kier molecular flexibility index (Phi) is 3.68. The van der Waals surface area contributed by atoms with Gasteiger partial charge in [-0.25, -0.2) is 0 Å². The number of carbonyl (C=O) groups excluding carboxylic acids is 2. The van der Waals surface area contributed by atoms with E-state index in [0.717, 1.165) is 0 Å². The van der Waals surface area contributed by atoms with Crippen molar-refractivity contribution >= 4 is 17.4 Å². The summed E-state index contributed by atoms with van der Waals surface area (Å²) in [5, 5.41) is 12.3. The van der Waals surface area contributed by atoms with Gasteiger partial charge in [-0.3, -0.25) is 14.5 Å². The highest BCUT2D eigenvalue weighted by Gasteiger charge is 2.37. The van der Waals surface area contributed by atoms with Gasteiger partial charge >= 0.3 is 0 Å². The van der Waals surface area contributed by atoms with Gasteiger partial charge in [-0.1, -0.05) is 12.1 Å². The summed E-state index contributed by atoms with van der Waals surface area (Å²) in [7, 11) is 0. The Hall–Kier alpha value is -1.72. The molecule has 5 heteroatoms. The van der Waals surface area contributed by atoms with Gasteiger partial charge < -0.3 is 10.4 Å². The predicted octanol–water partition coefficient (Wildman–Crippen LogP) is 0.894. The second kappa shape index (κ2) is 5.11. The van der Waals surface area contributed by atoms with E-state index in [2.05, 4.69) is 5.32 Å². The van der Waals surface area contributed by atoms with Gasteiger partial charge in [-0.05, 0) is 26.0 Å². The first-order valence-electron chi connectivity index (χ1n) is 6.22. The molecule has 0 aliphatic carbocycles. The van der Waals surface area contributed by atoms with Crippen molar-refractivity contribution in [3.63, 3.8) is 0 Å². The van der Waals surface area contributed by atoms with E-state index >= 15 is 0 Å². The minimum absolute atomic E-state index is 0.0808. The van der Waals surface area contributed by atoms with E-state index in [-0.39, 0.29) is 18.2 Å². The first kappa shape index (κ1) is 13.7. The monoisotopic (exact) mass is 262 g/mol. The summed E-state index contributed by atoms with van der Waals surface area (Å²) >= 11 is 0. The quantitative estimate of drug-likeness (QED) is 0.791. The van der Waals surface area contributed by atoms with Crippen LogP contribution in [0.4, 0.5) is 5.69 Å². The van der Waals surface area contributed by atoms with Gasteiger partial charge in [0.2, 0.25) is 5.91 Å². The first-order chi connectivity index (χ1) is 8.87. The fourth-order valence-electron chi connectivity index (χ4n) is 2.32. The van der Waals surface area contributed by atoms with E-state index in [9.17, 15) is 14.7 Å². The third-order valence-corrected chi connectivity index (χ3v) is 3.08. The number of carbonyl (C=O) groups is 2. The number of nitrogens with zero attached hydrogens (tertiary/aromatic N) is 1. The summed E-state index contributed by atoms with van der Waals surface area (Å²) in [5.74, 6) is -0.257. The molecule has 2 rings (SSSR count). The molecule has 1 heterocycles. The maximum absolute atomic E-state index is 11.9. The van der Waals surface area contributed by atoms with Gasteiger partial charge in [0.15, 0.2) is 5.78 Å². The number of ketones is 1. The number of amides is 1. The fraction of sp³-hybridized carbons (Fsp3) is 0.429. The minimum atomic E-state index is -0.683. The highest BCUT2D eigenvalue weighted by atomic mass is 16.3. The number of likely N-dealkylation sites (tertiary alicyclic amines) is 1. The Labute approximate surface area is 112 Å². The van der Waals surface area contributed by atoms with Crippen LogP contribution in [0, 0.1) is 0 Å². The molecule has 1 amide bonds.